The lowest BCUT2D eigenvalue weighted by atomic mass is 9.99. The quantitative estimate of drug-likeness (QED) is 0.901. The first-order valence-electron chi connectivity index (χ1n) is 8.15. The van der Waals surface area contributed by atoms with E-state index >= 15 is 0 Å². The minimum Gasteiger partial charge on any atom is -0.506 e. The number of rotatable bonds is 5. The molecule has 0 unspecified atom stereocenters. The van der Waals surface area contributed by atoms with Crippen LogP contribution < -0.4 is 0 Å². The van der Waals surface area contributed by atoms with E-state index in [9.17, 15) is 5.11 Å². The molecule has 1 aliphatic rings. The van der Waals surface area contributed by atoms with Crippen LogP contribution in [-0.2, 0) is 6.42 Å². The fraction of sp³-hybridized carbons (Fsp3) is 0.529. The molecule has 3 rings (SSSR count). The molecule has 5 nitrogen and oxygen atoms in total. The third kappa shape index (κ3) is 4.24. The van der Waals surface area contributed by atoms with Gasteiger partial charge in [0.15, 0.2) is 5.82 Å². The largest absolute Gasteiger partial charge is 0.506 e. The monoisotopic (exact) mass is 335 g/mol. The highest BCUT2D eigenvalue weighted by Gasteiger charge is 2.16. The Hall–Kier alpha value is -1.59. The molecule has 0 atom stereocenters. The van der Waals surface area contributed by atoms with Crippen molar-refractivity contribution in [3.63, 3.8) is 0 Å². The van der Waals surface area contributed by atoms with Crippen molar-refractivity contribution in [1.29, 1.82) is 0 Å². The summed E-state index contributed by atoms with van der Waals surface area (Å²) in [4.78, 5) is 6.92. The number of likely N-dealkylation sites (tertiary alicyclic amines) is 1. The summed E-state index contributed by atoms with van der Waals surface area (Å²) in [6, 6.07) is 4.87. The summed E-state index contributed by atoms with van der Waals surface area (Å²) in [6.45, 7) is 5.81. The summed E-state index contributed by atoms with van der Waals surface area (Å²) in [6.07, 6.45) is 4.44. The molecule has 2 heterocycles. The number of phenols is 1. The van der Waals surface area contributed by atoms with Gasteiger partial charge in [-0.1, -0.05) is 23.7 Å². The van der Waals surface area contributed by atoms with Crippen LogP contribution in [0.4, 0.5) is 0 Å². The van der Waals surface area contributed by atoms with Crippen LogP contribution in [0.2, 0.25) is 5.02 Å². The highest BCUT2D eigenvalue weighted by Crippen LogP contribution is 2.28. The zero-order valence-electron chi connectivity index (χ0n) is 13.3. The van der Waals surface area contributed by atoms with Crippen LogP contribution in [0.5, 0.6) is 5.75 Å². The molecule has 124 valence electrons. The van der Waals surface area contributed by atoms with Crippen LogP contribution in [0.3, 0.4) is 0 Å². The van der Waals surface area contributed by atoms with Gasteiger partial charge in [0.2, 0.25) is 0 Å². The Morgan fingerprint density at radius 3 is 2.87 bits per heavy atom. The molecule has 0 amide bonds. The Balaban J connectivity index is 1.52. The van der Waals surface area contributed by atoms with Crippen molar-refractivity contribution in [3.05, 3.63) is 29.0 Å². The van der Waals surface area contributed by atoms with Gasteiger partial charge in [0, 0.05) is 12.0 Å². The van der Waals surface area contributed by atoms with Crippen LogP contribution >= 0.6 is 11.6 Å². The van der Waals surface area contributed by atoms with Crippen LogP contribution in [-0.4, -0.2) is 39.8 Å². The Kier molecular flexibility index (Phi) is 5.18. The van der Waals surface area contributed by atoms with E-state index in [0.717, 1.165) is 36.7 Å². The van der Waals surface area contributed by atoms with E-state index < -0.39 is 0 Å². The van der Waals surface area contributed by atoms with Gasteiger partial charge in [0.05, 0.1) is 5.02 Å². The van der Waals surface area contributed by atoms with E-state index in [1.165, 1.54) is 32.0 Å². The lowest BCUT2D eigenvalue weighted by Gasteiger charge is -2.29. The van der Waals surface area contributed by atoms with Crippen molar-refractivity contribution in [2.24, 2.45) is 5.92 Å². The first-order valence-corrected chi connectivity index (χ1v) is 8.53. The number of hydrogen-bond donors (Lipinski definition) is 1. The standard InChI is InChI=1S/C17H22ClN3O2/c1-12-6-9-21(10-7-12)8-2-3-16-19-17(23-20-16)13-4-5-15(22)14(18)11-13/h4-5,11-12,22H,2-3,6-10H2,1H3. The van der Waals surface area contributed by atoms with Crippen molar-refractivity contribution in [2.45, 2.75) is 32.6 Å². The Morgan fingerprint density at radius 2 is 2.13 bits per heavy atom. The first kappa shape index (κ1) is 16.3. The molecule has 1 fully saturated rings. The smallest absolute Gasteiger partial charge is 0.257 e. The zero-order valence-corrected chi connectivity index (χ0v) is 14.1. The highest BCUT2D eigenvalue weighted by molar-refractivity contribution is 6.32. The van der Waals surface area contributed by atoms with E-state index in [1.807, 2.05) is 0 Å². The van der Waals surface area contributed by atoms with Crippen LogP contribution in [0.1, 0.15) is 32.0 Å². The zero-order chi connectivity index (χ0) is 16.2. The molecule has 0 saturated carbocycles. The maximum atomic E-state index is 9.45. The fourth-order valence-electron chi connectivity index (χ4n) is 2.86. The maximum Gasteiger partial charge on any atom is 0.257 e. The van der Waals surface area contributed by atoms with E-state index in [4.69, 9.17) is 16.1 Å². The average Bonchev–Trinajstić information content (AvgIpc) is 3.01. The molecule has 2 aromatic rings. The van der Waals surface area contributed by atoms with Crippen LogP contribution in [0.25, 0.3) is 11.5 Å². The highest BCUT2D eigenvalue weighted by atomic mass is 35.5. The number of phenolic OH excluding ortho intramolecular Hbond substituents is 1. The van der Waals surface area contributed by atoms with Gasteiger partial charge in [-0.3, -0.25) is 0 Å². The van der Waals surface area contributed by atoms with E-state index in [-0.39, 0.29) is 10.8 Å². The van der Waals surface area contributed by atoms with Crippen molar-refractivity contribution in [1.82, 2.24) is 15.0 Å². The van der Waals surface area contributed by atoms with E-state index in [1.54, 1.807) is 12.1 Å². The Labute approximate surface area is 141 Å². The minimum absolute atomic E-state index is 0.0472. The second-order valence-corrected chi connectivity index (χ2v) is 6.72. The van der Waals surface area contributed by atoms with Gasteiger partial charge < -0.3 is 14.5 Å². The number of hydrogen-bond acceptors (Lipinski definition) is 5. The topological polar surface area (TPSA) is 62.4 Å². The second kappa shape index (κ2) is 7.32. The number of piperidine rings is 1. The second-order valence-electron chi connectivity index (χ2n) is 6.31. The van der Waals surface area contributed by atoms with Crippen molar-refractivity contribution >= 4 is 11.6 Å². The lowest BCUT2D eigenvalue weighted by molar-refractivity contribution is 0.190. The Morgan fingerprint density at radius 1 is 1.35 bits per heavy atom. The Bertz CT molecular complexity index is 651. The van der Waals surface area contributed by atoms with Crippen molar-refractivity contribution in [2.75, 3.05) is 19.6 Å². The van der Waals surface area contributed by atoms with Gasteiger partial charge in [-0.2, -0.15) is 4.98 Å². The normalized spacial score (nSPS) is 16.8. The summed E-state index contributed by atoms with van der Waals surface area (Å²) in [5.41, 5.74) is 0.719. The number of benzene rings is 1. The molecular weight excluding hydrogens is 314 g/mol. The van der Waals surface area contributed by atoms with Gasteiger partial charge in [-0.05, 0) is 63.0 Å². The van der Waals surface area contributed by atoms with Crippen LogP contribution in [0.15, 0.2) is 22.7 Å². The molecule has 1 aromatic carbocycles. The van der Waals surface area contributed by atoms with Crippen LogP contribution in [0, 0.1) is 5.92 Å². The predicted molar refractivity (Wildman–Crippen MR) is 89.6 cm³/mol. The molecule has 6 heteroatoms. The van der Waals surface area contributed by atoms with Gasteiger partial charge in [0.25, 0.3) is 5.89 Å². The molecule has 0 spiro atoms. The molecule has 1 aliphatic heterocycles. The summed E-state index contributed by atoms with van der Waals surface area (Å²) in [5.74, 6) is 2.07. The van der Waals surface area contributed by atoms with E-state index in [2.05, 4.69) is 22.0 Å². The van der Waals surface area contributed by atoms with Gasteiger partial charge in [-0.15, -0.1) is 0 Å². The molecule has 1 N–H and O–H groups in total. The van der Waals surface area contributed by atoms with Crippen molar-refractivity contribution < 1.29 is 9.63 Å². The lowest BCUT2D eigenvalue weighted by Crippen LogP contribution is -2.33. The molecule has 1 aromatic heterocycles. The summed E-state index contributed by atoms with van der Waals surface area (Å²) >= 11 is 5.90. The number of aromatic nitrogens is 2. The van der Waals surface area contributed by atoms with Crippen molar-refractivity contribution in [3.8, 4) is 17.2 Å². The molecular formula is C17H22ClN3O2. The number of aromatic hydroxyl groups is 1. The molecule has 0 radical (unpaired) electrons. The SMILES string of the molecule is CC1CCN(CCCc2noc(-c3ccc(O)c(Cl)c3)n2)CC1. The molecule has 23 heavy (non-hydrogen) atoms. The molecule has 0 aliphatic carbocycles. The fourth-order valence-corrected chi connectivity index (χ4v) is 3.04. The third-order valence-corrected chi connectivity index (χ3v) is 4.72. The molecule has 1 saturated heterocycles. The molecule has 0 bridgehead atoms. The van der Waals surface area contributed by atoms with Gasteiger partial charge in [-0.25, -0.2) is 0 Å². The van der Waals surface area contributed by atoms with Gasteiger partial charge in [0.1, 0.15) is 5.75 Å². The predicted octanol–water partition coefficient (Wildman–Crippen LogP) is 3.76. The summed E-state index contributed by atoms with van der Waals surface area (Å²) in [7, 11) is 0. The average molecular weight is 336 g/mol. The van der Waals surface area contributed by atoms with Gasteiger partial charge >= 0.3 is 0 Å². The minimum atomic E-state index is 0.0472. The number of halogens is 1. The number of nitrogens with zero attached hydrogens (tertiary/aromatic N) is 3. The third-order valence-electron chi connectivity index (χ3n) is 4.41. The summed E-state index contributed by atoms with van der Waals surface area (Å²) < 4.78 is 5.29. The number of aryl methyl sites for hydroxylation is 1. The van der Waals surface area contributed by atoms with E-state index in [0.29, 0.717) is 5.89 Å². The maximum absolute atomic E-state index is 9.45. The summed E-state index contributed by atoms with van der Waals surface area (Å²) in [5, 5.41) is 13.8. The first-order chi connectivity index (χ1) is 11.1.